The summed E-state index contributed by atoms with van der Waals surface area (Å²) in [4.78, 5) is 1.31. The second-order valence-corrected chi connectivity index (χ2v) is 5.60. The molecule has 4 nitrogen and oxygen atoms in total. The van der Waals surface area contributed by atoms with Crippen molar-refractivity contribution in [1.29, 1.82) is 0 Å². The minimum atomic E-state index is -0.0614. The molecule has 0 saturated carbocycles. The van der Waals surface area contributed by atoms with Gasteiger partial charge in [0.25, 0.3) is 0 Å². The lowest BCUT2D eigenvalue weighted by molar-refractivity contribution is 0.264. The fourth-order valence-corrected chi connectivity index (χ4v) is 2.78. The van der Waals surface area contributed by atoms with Gasteiger partial charge in [-0.15, -0.1) is 21.5 Å². The monoisotopic (exact) mass is 287 g/mol. The van der Waals surface area contributed by atoms with E-state index in [9.17, 15) is 0 Å². The molecule has 0 radical (unpaired) electrons. The van der Waals surface area contributed by atoms with Crippen LogP contribution in [0, 0.1) is 0 Å². The van der Waals surface area contributed by atoms with E-state index in [1.807, 2.05) is 10.6 Å². The lowest BCUT2D eigenvalue weighted by atomic mass is 10.3. The third kappa shape index (κ3) is 2.64. The topological polar surface area (TPSA) is 50.9 Å². The highest BCUT2D eigenvalue weighted by atomic mass is 79.9. The first-order chi connectivity index (χ1) is 7.29. The minimum absolute atomic E-state index is 0.0614. The standard InChI is InChI=1S/C9H10BrN3OS/c10-8-2-1-7(15-8)3-4-13-6-11-12-9(13)5-14/h1-2,6,14H,3-5H2. The highest BCUT2D eigenvalue weighted by Gasteiger charge is 2.03. The summed E-state index contributed by atoms with van der Waals surface area (Å²) in [7, 11) is 0. The molecular formula is C9H10BrN3OS. The van der Waals surface area contributed by atoms with Crippen molar-refractivity contribution in [3.05, 3.63) is 32.9 Å². The van der Waals surface area contributed by atoms with Crippen molar-refractivity contribution in [1.82, 2.24) is 14.8 Å². The number of hydrogen-bond acceptors (Lipinski definition) is 4. The van der Waals surface area contributed by atoms with E-state index >= 15 is 0 Å². The van der Waals surface area contributed by atoms with Crippen molar-refractivity contribution in [3.63, 3.8) is 0 Å². The summed E-state index contributed by atoms with van der Waals surface area (Å²) in [6.45, 7) is 0.740. The van der Waals surface area contributed by atoms with Gasteiger partial charge >= 0.3 is 0 Å². The van der Waals surface area contributed by atoms with Gasteiger partial charge in [0.15, 0.2) is 5.82 Å². The maximum absolute atomic E-state index is 8.98. The van der Waals surface area contributed by atoms with Crippen LogP contribution in [0.4, 0.5) is 0 Å². The lowest BCUT2D eigenvalue weighted by Gasteiger charge is -2.02. The molecule has 1 N–H and O–H groups in total. The first kappa shape index (κ1) is 10.8. The molecule has 0 amide bonds. The Balaban J connectivity index is 1.98. The molecule has 80 valence electrons. The molecule has 0 spiro atoms. The number of aromatic nitrogens is 3. The van der Waals surface area contributed by atoms with Gasteiger partial charge in [-0.2, -0.15) is 0 Å². The van der Waals surface area contributed by atoms with Crippen molar-refractivity contribution in [2.75, 3.05) is 0 Å². The van der Waals surface area contributed by atoms with E-state index in [4.69, 9.17) is 5.11 Å². The Hall–Kier alpha value is -0.720. The van der Waals surface area contributed by atoms with E-state index in [1.54, 1.807) is 17.7 Å². The highest BCUT2D eigenvalue weighted by molar-refractivity contribution is 9.11. The van der Waals surface area contributed by atoms with Gasteiger partial charge in [0.1, 0.15) is 12.9 Å². The summed E-state index contributed by atoms with van der Waals surface area (Å²) in [6.07, 6.45) is 2.58. The van der Waals surface area contributed by atoms with Crippen LogP contribution in [0.5, 0.6) is 0 Å². The van der Waals surface area contributed by atoms with Crippen LogP contribution in [0.2, 0.25) is 0 Å². The Morgan fingerprint density at radius 1 is 1.47 bits per heavy atom. The molecule has 0 unspecified atom stereocenters. The van der Waals surface area contributed by atoms with E-state index in [0.29, 0.717) is 5.82 Å². The molecule has 0 aliphatic carbocycles. The zero-order valence-electron chi connectivity index (χ0n) is 7.93. The quantitative estimate of drug-likeness (QED) is 0.934. The number of rotatable bonds is 4. The summed E-state index contributed by atoms with van der Waals surface area (Å²) >= 11 is 5.15. The van der Waals surface area contributed by atoms with Gasteiger partial charge in [-0.25, -0.2) is 0 Å². The van der Waals surface area contributed by atoms with E-state index in [2.05, 4.69) is 32.2 Å². The van der Waals surface area contributed by atoms with Crippen molar-refractivity contribution in [2.24, 2.45) is 0 Å². The summed E-state index contributed by atoms with van der Waals surface area (Å²) in [6, 6.07) is 4.14. The number of hydrogen-bond donors (Lipinski definition) is 1. The Labute approximate surface area is 99.7 Å². The largest absolute Gasteiger partial charge is 0.388 e. The van der Waals surface area contributed by atoms with E-state index in [-0.39, 0.29) is 6.61 Å². The van der Waals surface area contributed by atoms with Crippen LogP contribution < -0.4 is 0 Å². The van der Waals surface area contributed by atoms with Crippen LogP contribution in [-0.2, 0) is 19.6 Å². The number of thiophene rings is 1. The fourth-order valence-electron chi connectivity index (χ4n) is 1.30. The van der Waals surface area contributed by atoms with Gasteiger partial charge in [-0.05, 0) is 34.5 Å². The predicted octanol–water partition coefficient (Wildman–Crippen LogP) is 1.84. The summed E-state index contributed by atoms with van der Waals surface area (Å²) in [5.41, 5.74) is 0. The average Bonchev–Trinajstić information content (AvgIpc) is 2.83. The predicted molar refractivity (Wildman–Crippen MR) is 61.7 cm³/mol. The zero-order valence-corrected chi connectivity index (χ0v) is 10.3. The number of aliphatic hydroxyl groups is 1. The van der Waals surface area contributed by atoms with Crippen LogP contribution in [-0.4, -0.2) is 19.9 Å². The number of halogens is 1. The summed E-state index contributed by atoms with van der Waals surface area (Å²) in [5, 5.41) is 16.5. The molecule has 0 atom stereocenters. The lowest BCUT2D eigenvalue weighted by Crippen LogP contribution is -2.04. The van der Waals surface area contributed by atoms with E-state index < -0.39 is 0 Å². The summed E-state index contributed by atoms with van der Waals surface area (Å²) in [5.74, 6) is 0.616. The molecule has 0 saturated heterocycles. The first-order valence-corrected chi connectivity index (χ1v) is 6.12. The maximum Gasteiger partial charge on any atom is 0.158 e. The van der Waals surface area contributed by atoms with Gasteiger partial charge < -0.3 is 9.67 Å². The van der Waals surface area contributed by atoms with E-state index in [1.165, 1.54) is 4.88 Å². The smallest absolute Gasteiger partial charge is 0.158 e. The fraction of sp³-hybridized carbons (Fsp3) is 0.333. The minimum Gasteiger partial charge on any atom is -0.388 e. The second-order valence-electron chi connectivity index (χ2n) is 3.05. The molecule has 0 aromatic carbocycles. The third-order valence-electron chi connectivity index (χ3n) is 2.07. The van der Waals surface area contributed by atoms with Gasteiger partial charge in [0.05, 0.1) is 3.79 Å². The van der Waals surface area contributed by atoms with Crippen LogP contribution >= 0.6 is 27.3 Å². The van der Waals surface area contributed by atoms with Gasteiger partial charge in [-0.1, -0.05) is 0 Å². The molecule has 2 rings (SSSR count). The normalized spacial score (nSPS) is 10.8. The molecule has 2 aromatic heterocycles. The zero-order chi connectivity index (χ0) is 10.7. The Morgan fingerprint density at radius 3 is 3.00 bits per heavy atom. The first-order valence-electron chi connectivity index (χ1n) is 4.51. The van der Waals surface area contributed by atoms with Crippen molar-refractivity contribution < 1.29 is 5.11 Å². The van der Waals surface area contributed by atoms with Crippen LogP contribution in [0.1, 0.15) is 10.7 Å². The van der Waals surface area contributed by atoms with Gasteiger partial charge in [0, 0.05) is 11.4 Å². The Morgan fingerprint density at radius 2 is 2.33 bits per heavy atom. The molecule has 0 bridgehead atoms. The molecule has 2 aromatic rings. The number of aryl methyl sites for hydroxylation is 2. The van der Waals surface area contributed by atoms with Crippen molar-refractivity contribution >= 4 is 27.3 Å². The molecule has 15 heavy (non-hydrogen) atoms. The molecule has 0 fully saturated rings. The second kappa shape index (κ2) is 4.87. The Bertz CT molecular complexity index is 440. The Kier molecular flexibility index (Phi) is 3.50. The maximum atomic E-state index is 8.98. The molecule has 0 aliphatic heterocycles. The third-order valence-corrected chi connectivity index (χ3v) is 3.75. The molecular weight excluding hydrogens is 278 g/mol. The highest BCUT2D eigenvalue weighted by Crippen LogP contribution is 2.22. The molecule has 6 heteroatoms. The average molecular weight is 288 g/mol. The van der Waals surface area contributed by atoms with Gasteiger partial charge in [0.2, 0.25) is 0 Å². The number of aliphatic hydroxyl groups excluding tert-OH is 1. The number of nitrogens with zero attached hydrogens (tertiary/aromatic N) is 3. The SMILES string of the molecule is OCc1nncn1CCc1ccc(Br)s1. The van der Waals surface area contributed by atoms with Crippen molar-refractivity contribution in [3.8, 4) is 0 Å². The van der Waals surface area contributed by atoms with Gasteiger partial charge in [-0.3, -0.25) is 0 Å². The van der Waals surface area contributed by atoms with Crippen molar-refractivity contribution in [2.45, 2.75) is 19.6 Å². The van der Waals surface area contributed by atoms with E-state index in [0.717, 1.165) is 16.8 Å². The van der Waals surface area contributed by atoms with Crippen LogP contribution in [0.25, 0.3) is 0 Å². The molecule has 2 heterocycles. The summed E-state index contributed by atoms with van der Waals surface area (Å²) < 4.78 is 3.01. The van der Waals surface area contributed by atoms with Crippen LogP contribution in [0.15, 0.2) is 22.2 Å². The molecule has 0 aliphatic rings. The van der Waals surface area contributed by atoms with Crippen LogP contribution in [0.3, 0.4) is 0 Å².